The lowest BCUT2D eigenvalue weighted by Crippen LogP contribution is -2.23. The van der Waals surface area contributed by atoms with Crippen molar-refractivity contribution >= 4 is 33.3 Å². The van der Waals surface area contributed by atoms with Crippen molar-refractivity contribution in [1.29, 1.82) is 0 Å². The Hall–Kier alpha value is -4.04. The Bertz CT molecular complexity index is 1610. The van der Waals surface area contributed by atoms with Gasteiger partial charge in [0.25, 0.3) is 5.56 Å². The summed E-state index contributed by atoms with van der Waals surface area (Å²) in [6.07, 6.45) is 3.38. The van der Waals surface area contributed by atoms with Gasteiger partial charge < -0.3 is 8.94 Å². The summed E-state index contributed by atoms with van der Waals surface area (Å²) in [5.74, 6) is 1.63. The van der Waals surface area contributed by atoms with E-state index in [1.807, 2.05) is 54.6 Å². The van der Waals surface area contributed by atoms with Crippen LogP contribution in [0.4, 0.5) is 0 Å². The second kappa shape index (κ2) is 6.50. The molecule has 30 heavy (non-hydrogen) atoms. The maximum absolute atomic E-state index is 12.8. The number of hydrogen-bond acceptors (Lipinski definition) is 7. The first-order chi connectivity index (χ1) is 14.8. The summed E-state index contributed by atoms with van der Waals surface area (Å²) in [5, 5.41) is 9.31. The van der Waals surface area contributed by atoms with Crippen LogP contribution in [-0.2, 0) is 0 Å². The Balaban J connectivity index is 1.46. The minimum atomic E-state index is -0.214. The van der Waals surface area contributed by atoms with E-state index >= 15 is 0 Å². The van der Waals surface area contributed by atoms with Crippen molar-refractivity contribution in [3.05, 3.63) is 87.4 Å². The fraction of sp³-hybridized carbons (Fsp3) is 0. The van der Waals surface area contributed by atoms with Crippen molar-refractivity contribution in [2.24, 2.45) is 0 Å². The van der Waals surface area contributed by atoms with Gasteiger partial charge >= 0.3 is 0 Å². The van der Waals surface area contributed by atoms with Crippen molar-refractivity contribution < 1.29 is 8.94 Å². The van der Waals surface area contributed by atoms with E-state index in [0.717, 1.165) is 22.0 Å². The number of thiazole rings is 1. The molecule has 4 heterocycles. The molecule has 7 nitrogen and oxygen atoms in total. The van der Waals surface area contributed by atoms with Crippen LogP contribution >= 0.6 is 11.3 Å². The molecular formula is C22H12N4O3S. The van der Waals surface area contributed by atoms with E-state index in [1.54, 1.807) is 18.4 Å². The monoisotopic (exact) mass is 412 g/mol. The fourth-order valence-electron chi connectivity index (χ4n) is 3.34. The van der Waals surface area contributed by atoms with Gasteiger partial charge in [-0.15, -0.1) is 5.10 Å². The van der Waals surface area contributed by atoms with Crippen LogP contribution in [0.15, 0.2) is 80.7 Å². The minimum absolute atomic E-state index is 0.214. The summed E-state index contributed by atoms with van der Waals surface area (Å²) in [7, 11) is 0. The second-order valence-electron chi connectivity index (χ2n) is 6.68. The quantitative estimate of drug-likeness (QED) is 0.440. The van der Waals surface area contributed by atoms with Crippen LogP contribution in [0.3, 0.4) is 0 Å². The van der Waals surface area contributed by atoms with Crippen LogP contribution < -0.4 is 10.1 Å². The predicted molar refractivity (Wildman–Crippen MR) is 113 cm³/mol. The van der Waals surface area contributed by atoms with Gasteiger partial charge in [-0.25, -0.2) is 0 Å². The Labute approximate surface area is 172 Å². The SMILES string of the molecule is O=c1/c(=C\c2ccc3noc(-c4ccccc4)c3c2)sc2nc(-c3ccco3)nn12. The smallest absolute Gasteiger partial charge is 0.291 e. The maximum Gasteiger partial charge on any atom is 0.291 e. The zero-order valence-corrected chi connectivity index (χ0v) is 16.2. The van der Waals surface area contributed by atoms with Crippen LogP contribution in [0.25, 0.3) is 44.8 Å². The number of benzene rings is 2. The molecule has 4 aromatic heterocycles. The molecule has 0 unspecified atom stereocenters. The maximum atomic E-state index is 12.8. The average molecular weight is 412 g/mol. The molecule has 0 aliphatic carbocycles. The van der Waals surface area contributed by atoms with Gasteiger partial charge in [0, 0.05) is 5.56 Å². The summed E-state index contributed by atoms with van der Waals surface area (Å²) in [6, 6.07) is 19.1. The van der Waals surface area contributed by atoms with Gasteiger partial charge in [0.15, 0.2) is 11.5 Å². The van der Waals surface area contributed by atoms with Gasteiger partial charge in [-0.1, -0.05) is 52.9 Å². The molecule has 8 heteroatoms. The number of furan rings is 1. The Morgan fingerprint density at radius 1 is 1.03 bits per heavy atom. The van der Waals surface area contributed by atoms with Crippen molar-refractivity contribution in [3.8, 4) is 22.9 Å². The summed E-state index contributed by atoms with van der Waals surface area (Å²) in [5.41, 5.74) is 2.37. The number of hydrogen-bond donors (Lipinski definition) is 0. The predicted octanol–water partition coefficient (Wildman–Crippen LogP) is 3.77. The highest BCUT2D eigenvalue weighted by Gasteiger charge is 2.14. The Kier molecular flexibility index (Phi) is 3.65. The Morgan fingerprint density at radius 3 is 2.73 bits per heavy atom. The molecule has 0 aliphatic rings. The van der Waals surface area contributed by atoms with Crippen LogP contribution in [0.5, 0.6) is 0 Å². The first-order valence-corrected chi connectivity index (χ1v) is 9.98. The topological polar surface area (TPSA) is 86.4 Å². The van der Waals surface area contributed by atoms with Gasteiger partial charge in [0.2, 0.25) is 10.8 Å². The molecule has 0 bridgehead atoms. The molecule has 0 fully saturated rings. The van der Waals surface area contributed by atoms with E-state index in [2.05, 4.69) is 15.2 Å². The summed E-state index contributed by atoms with van der Waals surface area (Å²) in [6.45, 7) is 0. The van der Waals surface area contributed by atoms with Gasteiger partial charge in [-0.2, -0.15) is 9.50 Å². The van der Waals surface area contributed by atoms with Crippen molar-refractivity contribution in [2.45, 2.75) is 0 Å². The van der Waals surface area contributed by atoms with Gasteiger partial charge in [-0.05, 0) is 35.9 Å². The van der Waals surface area contributed by atoms with Crippen LogP contribution in [-0.4, -0.2) is 19.8 Å². The minimum Gasteiger partial charge on any atom is -0.461 e. The molecule has 144 valence electrons. The van der Waals surface area contributed by atoms with Crippen LogP contribution in [0.1, 0.15) is 5.56 Å². The summed E-state index contributed by atoms with van der Waals surface area (Å²) >= 11 is 1.29. The first kappa shape index (κ1) is 16.9. The van der Waals surface area contributed by atoms with E-state index < -0.39 is 0 Å². The molecule has 0 amide bonds. The zero-order valence-electron chi connectivity index (χ0n) is 15.4. The third kappa shape index (κ3) is 2.66. The lowest BCUT2D eigenvalue weighted by Gasteiger charge is -1.97. The van der Waals surface area contributed by atoms with Crippen molar-refractivity contribution in [3.63, 3.8) is 0 Å². The Morgan fingerprint density at radius 2 is 1.93 bits per heavy atom. The summed E-state index contributed by atoms with van der Waals surface area (Å²) in [4.78, 5) is 17.7. The van der Waals surface area contributed by atoms with Gasteiger partial charge in [-0.3, -0.25) is 4.79 Å². The number of fused-ring (bicyclic) bond motifs is 2. The molecule has 0 aliphatic heterocycles. The molecule has 0 N–H and O–H groups in total. The van der Waals surface area contributed by atoms with Gasteiger partial charge in [0.05, 0.1) is 16.2 Å². The molecule has 0 atom stereocenters. The third-order valence-corrected chi connectivity index (χ3v) is 5.72. The van der Waals surface area contributed by atoms with Crippen LogP contribution in [0.2, 0.25) is 0 Å². The lowest BCUT2D eigenvalue weighted by atomic mass is 10.1. The standard InChI is InChI=1S/C22H12N4O3S/c27-21-18(30-22-23-20(24-26(21)22)17-7-4-10-28-17)12-13-8-9-16-15(11-13)19(29-25-16)14-5-2-1-3-6-14/h1-12H/b18-12+. The zero-order chi connectivity index (χ0) is 20.1. The second-order valence-corrected chi connectivity index (χ2v) is 7.69. The lowest BCUT2D eigenvalue weighted by molar-refractivity contribution is 0.441. The molecule has 0 saturated heterocycles. The average Bonchev–Trinajstić information content (AvgIpc) is 3.54. The van der Waals surface area contributed by atoms with Crippen molar-refractivity contribution in [2.75, 3.05) is 0 Å². The molecule has 0 spiro atoms. The van der Waals surface area contributed by atoms with E-state index in [-0.39, 0.29) is 5.56 Å². The van der Waals surface area contributed by atoms with E-state index in [1.165, 1.54) is 15.9 Å². The molecule has 6 rings (SSSR count). The highest BCUT2D eigenvalue weighted by Crippen LogP contribution is 2.29. The molecule has 6 aromatic rings. The fourth-order valence-corrected chi connectivity index (χ4v) is 4.25. The normalized spacial score (nSPS) is 12.3. The van der Waals surface area contributed by atoms with E-state index in [9.17, 15) is 4.79 Å². The van der Waals surface area contributed by atoms with Crippen LogP contribution in [0, 0.1) is 0 Å². The number of nitrogens with zero attached hydrogens (tertiary/aromatic N) is 4. The number of aromatic nitrogens is 4. The van der Waals surface area contributed by atoms with Gasteiger partial charge in [0.1, 0.15) is 5.52 Å². The molecular weight excluding hydrogens is 400 g/mol. The molecule has 0 saturated carbocycles. The highest BCUT2D eigenvalue weighted by molar-refractivity contribution is 7.15. The van der Waals surface area contributed by atoms with E-state index in [0.29, 0.717) is 26.8 Å². The molecule has 0 radical (unpaired) electrons. The number of rotatable bonds is 3. The van der Waals surface area contributed by atoms with Crippen molar-refractivity contribution in [1.82, 2.24) is 19.8 Å². The summed E-state index contributed by atoms with van der Waals surface area (Å²) < 4.78 is 12.7. The van der Waals surface area contributed by atoms with E-state index in [4.69, 9.17) is 8.94 Å². The molecule has 2 aromatic carbocycles. The third-order valence-electron chi connectivity index (χ3n) is 4.76. The first-order valence-electron chi connectivity index (χ1n) is 9.16. The largest absolute Gasteiger partial charge is 0.461 e. The highest BCUT2D eigenvalue weighted by atomic mass is 32.1.